The minimum atomic E-state index is -0.483. The molecule has 0 unspecified atom stereocenters. The van der Waals surface area contributed by atoms with Gasteiger partial charge in [0.15, 0.2) is 11.2 Å². The number of pyridine rings is 1. The standard InChI is InChI=1S/C25H26N6O2S/c1-4-5-11-30-20(15-34-24-19(13-26)16(2)12-17(3)27-24)28-22-21(30)23(32)29-25(33)31(22)14-18-9-7-6-8-10-18/h6-10,12H,4-5,11,14-15H2,1-3H3,(H,29,32,33). The molecule has 0 fully saturated rings. The van der Waals surface area contributed by atoms with E-state index in [1.54, 1.807) is 0 Å². The van der Waals surface area contributed by atoms with E-state index in [0.717, 1.165) is 29.7 Å². The van der Waals surface area contributed by atoms with Gasteiger partial charge in [0.1, 0.15) is 16.9 Å². The predicted octanol–water partition coefficient (Wildman–Crippen LogP) is 3.91. The van der Waals surface area contributed by atoms with Gasteiger partial charge in [-0.3, -0.25) is 14.3 Å². The highest BCUT2D eigenvalue weighted by atomic mass is 32.2. The van der Waals surface area contributed by atoms with Crippen molar-refractivity contribution in [3.8, 4) is 6.07 Å². The van der Waals surface area contributed by atoms with Gasteiger partial charge in [-0.2, -0.15) is 5.26 Å². The highest BCUT2D eigenvalue weighted by Crippen LogP contribution is 2.27. The van der Waals surface area contributed by atoms with Crippen LogP contribution in [0.2, 0.25) is 0 Å². The zero-order valence-electron chi connectivity index (χ0n) is 19.5. The molecule has 174 valence electrons. The molecule has 8 nitrogen and oxygen atoms in total. The Hall–Kier alpha value is -3.64. The van der Waals surface area contributed by atoms with Gasteiger partial charge in [-0.1, -0.05) is 55.4 Å². The number of nitrogens with zero attached hydrogens (tertiary/aromatic N) is 5. The highest BCUT2D eigenvalue weighted by molar-refractivity contribution is 7.98. The number of thioether (sulfide) groups is 1. The lowest BCUT2D eigenvalue weighted by atomic mass is 10.1. The Balaban J connectivity index is 1.81. The summed E-state index contributed by atoms with van der Waals surface area (Å²) in [6.45, 7) is 6.80. The molecule has 0 spiro atoms. The summed E-state index contributed by atoms with van der Waals surface area (Å²) in [5, 5.41) is 10.3. The summed E-state index contributed by atoms with van der Waals surface area (Å²) in [5.74, 6) is 1.10. The molecule has 4 rings (SSSR count). The summed E-state index contributed by atoms with van der Waals surface area (Å²) in [6.07, 6.45) is 1.82. The van der Waals surface area contributed by atoms with Gasteiger partial charge < -0.3 is 4.57 Å². The summed E-state index contributed by atoms with van der Waals surface area (Å²) in [5.41, 5.74) is 3.05. The fourth-order valence-corrected chi connectivity index (χ4v) is 5.02. The van der Waals surface area contributed by atoms with Crippen molar-refractivity contribution in [3.05, 3.63) is 85.4 Å². The molecule has 0 saturated carbocycles. The van der Waals surface area contributed by atoms with Crippen LogP contribution in [0.1, 0.15) is 48.0 Å². The minimum absolute atomic E-state index is 0.307. The molecule has 0 aliphatic rings. The first-order valence-corrected chi connectivity index (χ1v) is 12.2. The molecule has 0 aliphatic heterocycles. The van der Waals surface area contributed by atoms with Crippen molar-refractivity contribution in [3.63, 3.8) is 0 Å². The van der Waals surface area contributed by atoms with Crippen LogP contribution in [-0.4, -0.2) is 24.1 Å². The summed E-state index contributed by atoms with van der Waals surface area (Å²) < 4.78 is 3.42. The lowest BCUT2D eigenvalue weighted by Gasteiger charge is -2.10. The van der Waals surface area contributed by atoms with E-state index in [-0.39, 0.29) is 0 Å². The summed E-state index contributed by atoms with van der Waals surface area (Å²) >= 11 is 1.42. The molecule has 0 atom stereocenters. The van der Waals surface area contributed by atoms with Crippen LogP contribution in [0.5, 0.6) is 0 Å². The molecule has 1 aromatic carbocycles. The van der Waals surface area contributed by atoms with Gasteiger partial charge in [0, 0.05) is 12.2 Å². The number of nitriles is 1. The van der Waals surface area contributed by atoms with Crippen molar-refractivity contribution in [2.75, 3.05) is 0 Å². The average Bonchev–Trinajstić information content (AvgIpc) is 3.18. The SMILES string of the molecule is CCCCn1c(CSc2nc(C)cc(C)c2C#N)nc2c1c(=O)[nH]c(=O)n2Cc1ccccc1. The minimum Gasteiger partial charge on any atom is -0.321 e. The summed E-state index contributed by atoms with van der Waals surface area (Å²) in [4.78, 5) is 37.4. The van der Waals surface area contributed by atoms with E-state index in [1.165, 1.54) is 16.3 Å². The van der Waals surface area contributed by atoms with Crippen molar-refractivity contribution >= 4 is 22.9 Å². The number of fused-ring (bicyclic) bond motifs is 1. The molecular weight excluding hydrogens is 448 g/mol. The zero-order valence-corrected chi connectivity index (χ0v) is 20.3. The fourth-order valence-electron chi connectivity index (χ4n) is 3.97. The second-order valence-electron chi connectivity index (χ2n) is 8.20. The van der Waals surface area contributed by atoms with Crippen molar-refractivity contribution in [2.24, 2.45) is 0 Å². The first-order chi connectivity index (χ1) is 16.4. The maximum atomic E-state index is 12.9. The van der Waals surface area contributed by atoms with Crippen LogP contribution in [0, 0.1) is 25.2 Å². The Bertz CT molecular complexity index is 1490. The van der Waals surface area contributed by atoms with Gasteiger partial charge in [-0.15, -0.1) is 0 Å². The summed E-state index contributed by atoms with van der Waals surface area (Å²) in [6, 6.07) is 13.7. The maximum absolute atomic E-state index is 12.9. The third-order valence-corrected chi connectivity index (χ3v) is 6.62. The van der Waals surface area contributed by atoms with Crippen molar-refractivity contribution in [2.45, 2.75) is 57.5 Å². The Morgan fingerprint density at radius 2 is 1.88 bits per heavy atom. The number of aromatic nitrogens is 5. The van der Waals surface area contributed by atoms with Crippen molar-refractivity contribution in [1.82, 2.24) is 24.1 Å². The third kappa shape index (κ3) is 4.68. The molecule has 0 radical (unpaired) electrons. The van der Waals surface area contributed by atoms with E-state index < -0.39 is 11.2 Å². The number of benzene rings is 1. The van der Waals surface area contributed by atoms with Gasteiger partial charge >= 0.3 is 5.69 Å². The fraction of sp³-hybridized carbons (Fsp3) is 0.320. The molecule has 9 heteroatoms. The van der Waals surface area contributed by atoms with Crippen LogP contribution in [0.15, 0.2) is 51.0 Å². The maximum Gasteiger partial charge on any atom is 0.330 e. The van der Waals surface area contributed by atoms with Crippen LogP contribution in [0.25, 0.3) is 11.2 Å². The molecule has 3 heterocycles. The smallest absolute Gasteiger partial charge is 0.321 e. The van der Waals surface area contributed by atoms with Gasteiger partial charge in [0.2, 0.25) is 0 Å². The van der Waals surface area contributed by atoms with Crippen LogP contribution in [-0.2, 0) is 18.8 Å². The predicted molar refractivity (Wildman–Crippen MR) is 133 cm³/mol. The van der Waals surface area contributed by atoms with Crippen molar-refractivity contribution < 1.29 is 0 Å². The van der Waals surface area contributed by atoms with E-state index in [0.29, 0.717) is 46.4 Å². The van der Waals surface area contributed by atoms with Crippen LogP contribution in [0.4, 0.5) is 0 Å². The lowest BCUT2D eigenvalue weighted by molar-refractivity contribution is 0.626. The normalized spacial score (nSPS) is 11.1. The molecule has 0 saturated heterocycles. The number of rotatable bonds is 8. The van der Waals surface area contributed by atoms with Gasteiger partial charge in [0.05, 0.1) is 17.9 Å². The number of aryl methyl sites for hydroxylation is 3. The molecule has 34 heavy (non-hydrogen) atoms. The zero-order chi connectivity index (χ0) is 24.2. The Morgan fingerprint density at radius 3 is 2.59 bits per heavy atom. The molecule has 0 amide bonds. The summed E-state index contributed by atoms with van der Waals surface area (Å²) in [7, 11) is 0. The highest BCUT2D eigenvalue weighted by Gasteiger charge is 2.20. The Kier molecular flexibility index (Phi) is 6.98. The second kappa shape index (κ2) is 10.1. The molecule has 4 aromatic rings. The average molecular weight is 475 g/mol. The van der Waals surface area contributed by atoms with E-state index in [4.69, 9.17) is 4.98 Å². The Morgan fingerprint density at radius 1 is 1.12 bits per heavy atom. The topological polar surface area (TPSA) is 109 Å². The van der Waals surface area contributed by atoms with Crippen LogP contribution in [0.3, 0.4) is 0 Å². The lowest BCUT2D eigenvalue weighted by Crippen LogP contribution is -2.31. The van der Waals surface area contributed by atoms with E-state index in [2.05, 4.69) is 23.0 Å². The van der Waals surface area contributed by atoms with E-state index in [9.17, 15) is 14.9 Å². The van der Waals surface area contributed by atoms with Gasteiger partial charge in [-0.25, -0.2) is 14.8 Å². The number of imidazole rings is 1. The van der Waals surface area contributed by atoms with Crippen LogP contribution >= 0.6 is 11.8 Å². The quantitative estimate of drug-likeness (QED) is 0.388. The third-order valence-electron chi connectivity index (χ3n) is 5.64. The molecule has 0 bridgehead atoms. The number of hydrogen-bond acceptors (Lipinski definition) is 6. The Labute approximate surface area is 201 Å². The number of unbranched alkanes of at least 4 members (excludes halogenated alkanes) is 1. The van der Waals surface area contributed by atoms with Crippen LogP contribution < -0.4 is 11.2 Å². The molecule has 3 aromatic heterocycles. The number of H-pyrrole nitrogens is 1. The van der Waals surface area contributed by atoms with E-state index in [1.807, 2.05) is 54.8 Å². The van der Waals surface area contributed by atoms with Gasteiger partial charge in [-0.05, 0) is 37.5 Å². The second-order valence-corrected chi connectivity index (χ2v) is 9.16. The van der Waals surface area contributed by atoms with Crippen molar-refractivity contribution in [1.29, 1.82) is 5.26 Å². The van der Waals surface area contributed by atoms with E-state index >= 15 is 0 Å². The first-order valence-electron chi connectivity index (χ1n) is 11.2. The number of nitrogens with one attached hydrogen (secondary N) is 1. The van der Waals surface area contributed by atoms with Gasteiger partial charge in [0.25, 0.3) is 5.56 Å². The molecular formula is C25H26N6O2S. The number of aromatic amines is 1. The molecule has 0 aliphatic carbocycles. The number of hydrogen-bond donors (Lipinski definition) is 1. The molecule has 1 N–H and O–H groups in total. The first kappa shape index (κ1) is 23.5. The largest absolute Gasteiger partial charge is 0.330 e. The monoisotopic (exact) mass is 474 g/mol.